The number of rotatable bonds is 1. The van der Waals surface area contributed by atoms with E-state index >= 15 is 0 Å². The minimum atomic E-state index is -0.570. The predicted octanol–water partition coefficient (Wildman–Crippen LogP) is 1.39. The molecule has 0 aliphatic heterocycles. The lowest BCUT2D eigenvalue weighted by atomic mass is 9.86. The quantitative estimate of drug-likeness (QED) is 0.493. The van der Waals surface area contributed by atoms with Crippen LogP contribution < -0.4 is 11.5 Å². The zero-order valence-corrected chi connectivity index (χ0v) is 7.91. The van der Waals surface area contributed by atoms with Gasteiger partial charge in [0.15, 0.2) is 0 Å². The second-order valence-electron chi connectivity index (χ2n) is 3.17. The van der Waals surface area contributed by atoms with Gasteiger partial charge < -0.3 is 11.5 Å². The average molecular weight is 197 g/mol. The van der Waals surface area contributed by atoms with Crippen molar-refractivity contribution in [3.8, 4) is 0 Å². The molecule has 0 heterocycles. The molecule has 1 saturated carbocycles. The van der Waals surface area contributed by atoms with Crippen LogP contribution in [0.3, 0.4) is 0 Å². The molecule has 1 fully saturated rings. The fourth-order valence-electron chi connectivity index (χ4n) is 1.49. The van der Waals surface area contributed by atoms with Crippen molar-refractivity contribution >= 4 is 23.2 Å². The van der Waals surface area contributed by atoms with Crippen LogP contribution in [0.2, 0.25) is 0 Å². The lowest BCUT2D eigenvalue weighted by Crippen LogP contribution is -2.56. The van der Waals surface area contributed by atoms with Gasteiger partial charge >= 0.3 is 0 Å². The number of nitrogens with two attached hydrogens (primary N) is 2. The molecule has 66 valence electrons. The summed E-state index contributed by atoms with van der Waals surface area (Å²) in [5, 5.41) is -0.0714. The molecular weight excluding hydrogens is 183 g/mol. The van der Waals surface area contributed by atoms with Gasteiger partial charge in [0.25, 0.3) is 0 Å². The van der Waals surface area contributed by atoms with Crippen LogP contribution in [0.5, 0.6) is 0 Å². The highest BCUT2D eigenvalue weighted by Crippen LogP contribution is 2.38. The third-order valence-corrected chi connectivity index (χ3v) is 3.77. The molecule has 0 aromatic rings. The van der Waals surface area contributed by atoms with Crippen LogP contribution in [-0.4, -0.2) is 16.4 Å². The van der Waals surface area contributed by atoms with E-state index in [0.29, 0.717) is 0 Å². The van der Waals surface area contributed by atoms with Crippen LogP contribution in [0.1, 0.15) is 25.7 Å². The fourth-order valence-corrected chi connectivity index (χ4v) is 2.14. The first kappa shape index (κ1) is 9.59. The topological polar surface area (TPSA) is 52.0 Å². The van der Waals surface area contributed by atoms with E-state index in [-0.39, 0.29) is 5.38 Å². The first-order valence-corrected chi connectivity index (χ1v) is 4.73. The van der Waals surface area contributed by atoms with Crippen molar-refractivity contribution in [1.29, 1.82) is 0 Å². The van der Waals surface area contributed by atoms with Crippen LogP contribution in [0, 0.1) is 0 Å². The first-order chi connectivity index (χ1) is 5.07. The normalized spacial score (nSPS) is 39.5. The number of alkyl halides is 2. The van der Waals surface area contributed by atoms with Gasteiger partial charge in [-0.05, 0) is 12.8 Å². The number of hydrogen-bond donors (Lipinski definition) is 2. The summed E-state index contributed by atoms with van der Waals surface area (Å²) in [4.78, 5) is -0.570. The molecule has 2 nitrogen and oxygen atoms in total. The summed E-state index contributed by atoms with van der Waals surface area (Å²) < 4.78 is 0. The third kappa shape index (κ3) is 1.81. The Morgan fingerprint density at radius 1 is 1.36 bits per heavy atom. The molecular formula is C7H14Cl2N2. The lowest BCUT2D eigenvalue weighted by molar-refractivity contribution is 0.346. The summed E-state index contributed by atoms with van der Waals surface area (Å²) in [6.07, 6.45) is 3.47. The molecule has 1 rings (SSSR count). The fraction of sp³-hybridized carbons (Fsp3) is 1.00. The van der Waals surface area contributed by atoms with Crippen molar-refractivity contribution in [2.45, 2.75) is 42.1 Å². The molecule has 0 bridgehead atoms. The Morgan fingerprint density at radius 3 is 2.36 bits per heavy atom. The zero-order chi connectivity index (χ0) is 8.48. The van der Waals surface area contributed by atoms with Crippen molar-refractivity contribution in [3.63, 3.8) is 0 Å². The highest BCUT2D eigenvalue weighted by atomic mass is 35.5. The highest BCUT2D eigenvalue weighted by molar-refractivity contribution is 6.33. The van der Waals surface area contributed by atoms with Gasteiger partial charge in [0.1, 0.15) is 0 Å². The number of halogens is 2. The maximum Gasteiger partial charge on any atom is 0.0888 e. The Morgan fingerprint density at radius 2 is 2.00 bits per heavy atom. The van der Waals surface area contributed by atoms with E-state index in [9.17, 15) is 0 Å². The second kappa shape index (κ2) is 3.48. The van der Waals surface area contributed by atoms with Gasteiger partial charge in [0.2, 0.25) is 0 Å². The monoisotopic (exact) mass is 196 g/mol. The van der Waals surface area contributed by atoms with Gasteiger partial charge in [0, 0.05) is 0 Å². The Kier molecular flexibility index (Phi) is 3.03. The Hall–Kier alpha value is 0.500. The predicted molar refractivity (Wildman–Crippen MR) is 48.9 cm³/mol. The van der Waals surface area contributed by atoms with Gasteiger partial charge in [-0.25, -0.2) is 0 Å². The summed E-state index contributed by atoms with van der Waals surface area (Å²) in [7, 11) is 0. The molecule has 4 N–H and O–H groups in total. The largest absolute Gasteiger partial charge is 0.315 e. The summed E-state index contributed by atoms with van der Waals surface area (Å²) in [5.41, 5.74) is 11.1. The Labute approximate surface area is 77.2 Å². The van der Waals surface area contributed by atoms with Crippen molar-refractivity contribution in [2.24, 2.45) is 11.5 Å². The van der Waals surface area contributed by atoms with E-state index < -0.39 is 11.0 Å². The molecule has 0 radical (unpaired) electrons. The average Bonchev–Trinajstić information content (AvgIpc) is 1.95. The highest BCUT2D eigenvalue weighted by Gasteiger charge is 2.41. The van der Waals surface area contributed by atoms with E-state index in [4.69, 9.17) is 34.7 Å². The van der Waals surface area contributed by atoms with Crippen LogP contribution >= 0.6 is 23.2 Å². The molecule has 1 aliphatic carbocycles. The molecule has 11 heavy (non-hydrogen) atoms. The number of hydrogen-bond acceptors (Lipinski definition) is 2. The van der Waals surface area contributed by atoms with E-state index in [2.05, 4.69) is 0 Å². The molecule has 2 atom stereocenters. The Bertz CT molecular complexity index is 140. The molecule has 0 aromatic heterocycles. The van der Waals surface area contributed by atoms with Gasteiger partial charge in [0.05, 0.1) is 16.4 Å². The smallest absolute Gasteiger partial charge is 0.0888 e. The zero-order valence-electron chi connectivity index (χ0n) is 6.39. The molecule has 2 unspecified atom stereocenters. The van der Waals surface area contributed by atoms with Gasteiger partial charge in [-0.3, -0.25) is 0 Å². The van der Waals surface area contributed by atoms with Crippen molar-refractivity contribution in [1.82, 2.24) is 0 Å². The van der Waals surface area contributed by atoms with Crippen LogP contribution in [0.15, 0.2) is 0 Å². The van der Waals surface area contributed by atoms with E-state index in [1.807, 2.05) is 0 Å². The standard InChI is InChI=1S/C7H14Cl2N2/c8-5-3-1-2-4-7(5,9)6(10)11/h5-6H,1-4,10-11H2. The van der Waals surface area contributed by atoms with Crippen molar-refractivity contribution < 1.29 is 0 Å². The summed E-state index contributed by atoms with van der Waals surface area (Å²) in [5.74, 6) is 0. The molecule has 0 aromatic carbocycles. The minimum absolute atomic E-state index is 0.0714. The second-order valence-corrected chi connectivity index (χ2v) is 4.40. The lowest BCUT2D eigenvalue weighted by Gasteiger charge is -2.38. The van der Waals surface area contributed by atoms with E-state index in [1.165, 1.54) is 0 Å². The van der Waals surface area contributed by atoms with Gasteiger partial charge in [-0.15, -0.1) is 23.2 Å². The van der Waals surface area contributed by atoms with Crippen LogP contribution in [0.25, 0.3) is 0 Å². The van der Waals surface area contributed by atoms with Gasteiger partial charge in [-0.1, -0.05) is 12.8 Å². The molecule has 0 amide bonds. The molecule has 0 spiro atoms. The summed E-state index contributed by atoms with van der Waals surface area (Å²) in [6.45, 7) is 0. The Balaban J connectivity index is 2.64. The van der Waals surface area contributed by atoms with E-state index in [0.717, 1.165) is 25.7 Å². The minimum Gasteiger partial charge on any atom is -0.315 e. The maximum absolute atomic E-state index is 6.18. The molecule has 1 aliphatic rings. The maximum atomic E-state index is 6.18. The van der Waals surface area contributed by atoms with Crippen molar-refractivity contribution in [2.75, 3.05) is 0 Å². The summed E-state index contributed by atoms with van der Waals surface area (Å²) >= 11 is 12.2. The van der Waals surface area contributed by atoms with Crippen LogP contribution in [-0.2, 0) is 0 Å². The van der Waals surface area contributed by atoms with Crippen LogP contribution in [0.4, 0.5) is 0 Å². The van der Waals surface area contributed by atoms with Gasteiger partial charge in [-0.2, -0.15) is 0 Å². The molecule has 0 saturated heterocycles. The van der Waals surface area contributed by atoms with Crippen molar-refractivity contribution in [3.05, 3.63) is 0 Å². The molecule has 4 heteroatoms. The third-order valence-electron chi connectivity index (χ3n) is 2.34. The SMILES string of the molecule is NC(N)C1(Cl)CCCCC1Cl. The first-order valence-electron chi connectivity index (χ1n) is 3.91. The summed E-state index contributed by atoms with van der Waals surface area (Å²) in [6, 6.07) is 0. The van der Waals surface area contributed by atoms with E-state index in [1.54, 1.807) is 0 Å².